The van der Waals surface area contributed by atoms with Crippen molar-refractivity contribution in [2.24, 2.45) is 0 Å². The zero-order valence-electron chi connectivity index (χ0n) is 9.34. The highest BCUT2D eigenvalue weighted by atomic mass is 127. The zero-order valence-corrected chi connectivity index (χ0v) is 11.5. The molecule has 2 aromatic carbocycles. The van der Waals surface area contributed by atoms with Crippen LogP contribution < -0.4 is 4.74 Å². The minimum absolute atomic E-state index is 0.270. The van der Waals surface area contributed by atoms with Crippen molar-refractivity contribution in [2.45, 2.75) is 6.36 Å². The lowest BCUT2D eigenvalue weighted by Gasteiger charge is -2.11. The molecule has 0 unspecified atom stereocenters. The zero-order chi connectivity index (χ0) is 14.0. The van der Waals surface area contributed by atoms with Crippen LogP contribution in [0.1, 0.15) is 0 Å². The fourth-order valence-electron chi connectivity index (χ4n) is 1.56. The summed E-state index contributed by atoms with van der Waals surface area (Å²) in [4.78, 5) is 0. The number of hydrogen-bond donors (Lipinski definition) is 0. The second-order valence-electron chi connectivity index (χ2n) is 3.70. The molecule has 0 heterocycles. The molecule has 0 aliphatic carbocycles. The van der Waals surface area contributed by atoms with Crippen LogP contribution in [-0.4, -0.2) is 6.36 Å². The van der Waals surface area contributed by atoms with E-state index in [4.69, 9.17) is 0 Å². The van der Waals surface area contributed by atoms with Crippen LogP contribution in [0, 0.1) is 9.39 Å². The lowest BCUT2D eigenvalue weighted by Crippen LogP contribution is -2.17. The molecule has 0 aliphatic heterocycles. The SMILES string of the molecule is Fc1cccc(-c2ccc(OC(F)(F)F)c(I)c2)c1. The van der Waals surface area contributed by atoms with E-state index in [1.165, 1.54) is 36.4 Å². The van der Waals surface area contributed by atoms with Crippen LogP contribution in [0.3, 0.4) is 0 Å². The van der Waals surface area contributed by atoms with Gasteiger partial charge < -0.3 is 4.74 Å². The summed E-state index contributed by atoms with van der Waals surface area (Å²) in [5, 5.41) is 0. The average Bonchev–Trinajstić information content (AvgIpc) is 2.30. The highest BCUT2D eigenvalue weighted by Crippen LogP contribution is 2.31. The van der Waals surface area contributed by atoms with Gasteiger partial charge in [-0.3, -0.25) is 0 Å². The normalized spacial score (nSPS) is 11.4. The Bertz CT molecular complexity index is 595. The molecule has 2 rings (SSSR count). The number of benzene rings is 2. The van der Waals surface area contributed by atoms with Crippen LogP contribution in [0.25, 0.3) is 11.1 Å². The van der Waals surface area contributed by atoms with Crippen molar-refractivity contribution in [3.63, 3.8) is 0 Å². The minimum atomic E-state index is -4.72. The van der Waals surface area contributed by atoms with Crippen LogP contribution in [0.5, 0.6) is 5.75 Å². The first-order valence-corrected chi connectivity index (χ1v) is 6.24. The van der Waals surface area contributed by atoms with Gasteiger partial charge in [0.15, 0.2) is 0 Å². The fourth-order valence-corrected chi connectivity index (χ4v) is 2.18. The molecule has 0 atom stereocenters. The van der Waals surface area contributed by atoms with Crippen LogP contribution in [0.2, 0.25) is 0 Å². The van der Waals surface area contributed by atoms with Gasteiger partial charge in [-0.2, -0.15) is 0 Å². The Morgan fingerprint density at radius 2 is 1.63 bits per heavy atom. The van der Waals surface area contributed by atoms with E-state index < -0.39 is 12.2 Å². The van der Waals surface area contributed by atoms with Crippen molar-refractivity contribution >= 4 is 22.6 Å². The van der Waals surface area contributed by atoms with E-state index in [-0.39, 0.29) is 5.75 Å². The van der Waals surface area contributed by atoms with E-state index in [2.05, 4.69) is 4.74 Å². The first kappa shape index (κ1) is 14.1. The summed E-state index contributed by atoms with van der Waals surface area (Å²) in [5.74, 6) is -0.670. The van der Waals surface area contributed by atoms with Gasteiger partial charge in [0.2, 0.25) is 0 Å². The van der Waals surface area contributed by atoms with Gasteiger partial charge in [0, 0.05) is 0 Å². The third-order valence-electron chi connectivity index (χ3n) is 2.32. The topological polar surface area (TPSA) is 9.23 Å². The van der Waals surface area contributed by atoms with Crippen molar-refractivity contribution < 1.29 is 22.3 Å². The first-order valence-electron chi connectivity index (χ1n) is 5.16. The van der Waals surface area contributed by atoms with E-state index >= 15 is 0 Å². The summed E-state index contributed by atoms with van der Waals surface area (Å²) >= 11 is 1.74. The van der Waals surface area contributed by atoms with Gasteiger partial charge in [0.25, 0.3) is 0 Å². The molecule has 6 heteroatoms. The maximum atomic E-state index is 13.1. The molecule has 0 fully saturated rings. The van der Waals surface area contributed by atoms with Crippen molar-refractivity contribution in [3.8, 4) is 16.9 Å². The third kappa shape index (κ3) is 3.82. The molecule has 0 N–H and O–H groups in total. The van der Waals surface area contributed by atoms with Gasteiger partial charge in [-0.15, -0.1) is 13.2 Å². The number of halogens is 5. The third-order valence-corrected chi connectivity index (χ3v) is 3.16. The van der Waals surface area contributed by atoms with Gasteiger partial charge in [-0.25, -0.2) is 4.39 Å². The van der Waals surface area contributed by atoms with Crippen LogP contribution in [0.4, 0.5) is 17.6 Å². The van der Waals surface area contributed by atoms with Crippen LogP contribution in [-0.2, 0) is 0 Å². The van der Waals surface area contributed by atoms with E-state index in [0.29, 0.717) is 14.7 Å². The summed E-state index contributed by atoms with van der Waals surface area (Å²) in [6.45, 7) is 0. The summed E-state index contributed by atoms with van der Waals surface area (Å²) in [5.41, 5.74) is 1.22. The largest absolute Gasteiger partial charge is 0.573 e. The van der Waals surface area contributed by atoms with Gasteiger partial charge in [0.1, 0.15) is 11.6 Å². The summed E-state index contributed by atoms with van der Waals surface area (Å²) in [7, 11) is 0. The van der Waals surface area contributed by atoms with E-state index in [1.54, 1.807) is 28.7 Å². The Balaban J connectivity index is 2.34. The predicted molar refractivity (Wildman–Crippen MR) is 71.2 cm³/mol. The molecule has 0 bridgehead atoms. The van der Waals surface area contributed by atoms with Crippen molar-refractivity contribution in [1.82, 2.24) is 0 Å². The Morgan fingerprint density at radius 3 is 2.21 bits per heavy atom. The highest BCUT2D eigenvalue weighted by Gasteiger charge is 2.31. The number of rotatable bonds is 2. The second-order valence-corrected chi connectivity index (χ2v) is 4.87. The lowest BCUT2D eigenvalue weighted by molar-refractivity contribution is -0.274. The van der Waals surface area contributed by atoms with Crippen molar-refractivity contribution in [3.05, 3.63) is 51.9 Å². The average molecular weight is 382 g/mol. The molecule has 1 nitrogen and oxygen atoms in total. The molecule has 2 aromatic rings. The molecule has 0 spiro atoms. The van der Waals surface area contributed by atoms with Crippen molar-refractivity contribution in [2.75, 3.05) is 0 Å². The maximum Gasteiger partial charge on any atom is 0.573 e. The summed E-state index contributed by atoms with van der Waals surface area (Å²) < 4.78 is 53.6. The fraction of sp³-hybridized carbons (Fsp3) is 0.0769. The molecule has 0 saturated heterocycles. The Hall–Kier alpha value is -1.31. The molecule has 100 valence electrons. The second kappa shape index (κ2) is 5.36. The van der Waals surface area contributed by atoms with Crippen LogP contribution >= 0.6 is 22.6 Å². The molecule has 0 saturated carbocycles. The van der Waals surface area contributed by atoms with Gasteiger partial charge in [-0.05, 0) is 58.0 Å². The highest BCUT2D eigenvalue weighted by molar-refractivity contribution is 14.1. The van der Waals surface area contributed by atoms with Crippen molar-refractivity contribution in [1.29, 1.82) is 0 Å². The van der Waals surface area contributed by atoms with E-state index in [0.717, 1.165) is 0 Å². The lowest BCUT2D eigenvalue weighted by atomic mass is 10.1. The van der Waals surface area contributed by atoms with Gasteiger partial charge in [0.05, 0.1) is 3.57 Å². The summed E-state index contributed by atoms with van der Waals surface area (Å²) in [6.07, 6.45) is -4.72. The van der Waals surface area contributed by atoms with Crippen LogP contribution in [0.15, 0.2) is 42.5 Å². The van der Waals surface area contributed by atoms with Gasteiger partial charge >= 0.3 is 6.36 Å². The van der Waals surface area contributed by atoms with Gasteiger partial charge in [-0.1, -0.05) is 18.2 Å². The molecular weight excluding hydrogens is 375 g/mol. The minimum Gasteiger partial charge on any atom is -0.405 e. The van der Waals surface area contributed by atoms with E-state index in [1.807, 2.05) is 0 Å². The molecule has 0 aliphatic rings. The molecule has 19 heavy (non-hydrogen) atoms. The standard InChI is InChI=1S/C13H7F4IO/c14-10-3-1-2-8(6-10)9-4-5-12(11(18)7-9)19-13(15,16)17/h1-7H. The smallest absolute Gasteiger partial charge is 0.405 e. The van der Waals surface area contributed by atoms with E-state index in [9.17, 15) is 17.6 Å². The number of ether oxygens (including phenoxy) is 1. The number of alkyl halides is 3. The Labute approximate surface area is 120 Å². The quantitative estimate of drug-likeness (QED) is 0.525. The number of hydrogen-bond acceptors (Lipinski definition) is 1. The Kier molecular flexibility index (Phi) is 3.98. The maximum absolute atomic E-state index is 13.1. The monoisotopic (exact) mass is 382 g/mol. The molecular formula is C13H7F4IO. The summed E-state index contributed by atoms with van der Waals surface area (Å²) in [6, 6.07) is 10.0. The molecule has 0 amide bonds. The molecule has 0 aromatic heterocycles. The molecule has 0 radical (unpaired) electrons. The first-order chi connectivity index (χ1) is 8.85. The predicted octanol–water partition coefficient (Wildman–Crippen LogP) is 5.00. The Morgan fingerprint density at radius 1 is 0.947 bits per heavy atom.